The van der Waals surface area contributed by atoms with Crippen LogP contribution in [0.25, 0.3) is 0 Å². The molecule has 0 amide bonds. The molecule has 0 fully saturated rings. The van der Waals surface area contributed by atoms with Crippen molar-refractivity contribution in [3.05, 3.63) is 0 Å². The van der Waals surface area contributed by atoms with Crippen molar-refractivity contribution in [1.29, 1.82) is 0 Å². The summed E-state index contributed by atoms with van der Waals surface area (Å²) in [6, 6.07) is 0. The highest BCUT2D eigenvalue weighted by Gasteiger charge is 1.60. The van der Waals surface area contributed by atoms with E-state index in [9.17, 15) is 0 Å². The van der Waals surface area contributed by atoms with Gasteiger partial charge in [0, 0.05) is 0 Å². The molecule has 0 bridgehead atoms. The van der Waals surface area contributed by atoms with E-state index in [-0.39, 0.29) is 0 Å². The molecule has 0 aliphatic rings. The van der Waals surface area contributed by atoms with Gasteiger partial charge in [-0.05, 0) is 0 Å². The summed E-state index contributed by atoms with van der Waals surface area (Å²) in [5.41, 5.74) is 0. The average molecular weight is 73.9 g/mol. The predicted molar refractivity (Wildman–Crippen MR) is 27.3 cm³/mol. The van der Waals surface area contributed by atoms with E-state index < -0.39 is 0 Å². The molecule has 0 N–H and O–H groups in total. The standard InChI is InChI=1S/C2H8BP/c1-3-4-2/h3-4H,1-2H3. The van der Waals surface area contributed by atoms with Gasteiger partial charge in [0.1, 0.15) is 7.00 Å². The fourth-order valence-corrected chi connectivity index (χ4v) is 0. The van der Waals surface area contributed by atoms with Crippen molar-refractivity contribution in [2.75, 3.05) is 6.66 Å². The molecule has 0 radical (unpaired) electrons. The number of hydrogen-bond donors (Lipinski definition) is 0. The molecule has 0 aliphatic carbocycles. The van der Waals surface area contributed by atoms with Gasteiger partial charge in [0.15, 0.2) is 0 Å². The van der Waals surface area contributed by atoms with Gasteiger partial charge in [-0.15, -0.1) is 0 Å². The summed E-state index contributed by atoms with van der Waals surface area (Å²) in [5, 5.41) is 0. The Morgan fingerprint density at radius 3 is 2.00 bits per heavy atom. The summed E-state index contributed by atoms with van der Waals surface area (Å²) >= 11 is 0. The number of rotatable bonds is 1. The van der Waals surface area contributed by atoms with E-state index >= 15 is 0 Å². The molecular formula is C2H8BP. The van der Waals surface area contributed by atoms with Gasteiger partial charge in [-0.25, -0.2) is 0 Å². The maximum atomic E-state index is 2.21. The molecule has 0 spiro atoms. The Bertz CT molecular complexity index is 8.00. The second-order valence-corrected chi connectivity index (χ2v) is 2.12. The Labute approximate surface area is 30.0 Å². The van der Waals surface area contributed by atoms with Crippen LogP contribution in [0.1, 0.15) is 0 Å². The van der Waals surface area contributed by atoms with E-state index in [2.05, 4.69) is 13.5 Å². The van der Waals surface area contributed by atoms with Gasteiger partial charge in [0.05, 0.1) is 0 Å². The van der Waals surface area contributed by atoms with Crippen LogP contribution in [0, 0.1) is 0 Å². The highest BCUT2D eigenvalue weighted by atomic mass is 31.1. The normalized spacial score (nSPS) is 9.50. The van der Waals surface area contributed by atoms with Crippen LogP contribution in [-0.2, 0) is 0 Å². The lowest BCUT2D eigenvalue weighted by Gasteiger charge is -1.65. The Morgan fingerprint density at radius 1 is 1.75 bits per heavy atom. The Kier molecular flexibility index (Phi) is 3.93. The molecule has 0 aromatic heterocycles. The molecule has 0 nitrogen and oxygen atoms in total. The van der Waals surface area contributed by atoms with Gasteiger partial charge < -0.3 is 0 Å². The van der Waals surface area contributed by atoms with E-state index in [0.29, 0.717) is 0 Å². The summed E-state index contributed by atoms with van der Waals surface area (Å²) in [7, 11) is 1.14. The molecule has 24 valence electrons. The van der Waals surface area contributed by atoms with Gasteiger partial charge >= 0.3 is 0 Å². The van der Waals surface area contributed by atoms with Crippen molar-refractivity contribution in [3.63, 3.8) is 0 Å². The first-order valence-corrected chi connectivity index (χ1v) is 3.27. The summed E-state index contributed by atoms with van der Waals surface area (Å²) in [6.45, 7) is 5.75. The average Bonchev–Trinajstić information content (AvgIpc) is 1.37. The van der Waals surface area contributed by atoms with Crippen LogP contribution >= 0.6 is 8.46 Å². The molecule has 4 heavy (non-hydrogen) atoms. The lowest BCUT2D eigenvalue weighted by Crippen LogP contribution is -1.55. The minimum Gasteiger partial charge on any atom is -0.163 e. The van der Waals surface area contributed by atoms with Crippen LogP contribution in [0.15, 0.2) is 0 Å². The molecule has 0 heterocycles. The van der Waals surface area contributed by atoms with E-state index in [1.165, 1.54) is 7.00 Å². The summed E-state index contributed by atoms with van der Waals surface area (Å²) in [5.74, 6) is 0. The van der Waals surface area contributed by atoms with Crippen LogP contribution < -0.4 is 0 Å². The van der Waals surface area contributed by atoms with Crippen molar-refractivity contribution in [2.45, 2.75) is 6.82 Å². The fourth-order valence-electron chi connectivity index (χ4n) is 0. The lowest BCUT2D eigenvalue weighted by atomic mass is 10.2. The second kappa shape index (κ2) is 3.49. The molecule has 0 aromatic carbocycles. The molecule has 0 aliphatic heterocycles. The maximum Gasteiger partial charge on any atom is 0.145 e. The van der Waals surface area contributed by atoms with Gasteiger partial charge in [0.25, 0.3) is 0 Å². The molecule has 1 atom stereocenters. The second-order valence-electron chi connectivity index (χ2n) is 0.707. The quantitative estimate of drug-likeness (QED) is 0.317. The lowest BCUT2D eigenvalue weighted by molar-refractivity contribution is 2.35. The fraction of sp³-hybridized carbons (Fsp3) is 1.00. The summed E-state index contributed by atoms with van der Waals surface area (Å²) in [6.07, 6.45) is 0. The summed E-state index contributed by atoms with van der Waals surface area (Å²) in [4.78, 5) is 0. The zero-order valence-corrected chi connectivity index (χ0v) is 4.21. The molecular weight excluding hydrogens is 65.8 g/mol. The first kappa shape index (κ1) is 4.49. The third-order valence-corrected chi connectivity index (χ3v) is 1.06. The Morgan fingerprint density at radius 2 is 2.00 bits per heavy atom. The van der Waals surface area contributed by atoms with Gasteiger partial charge in [0.2, 0.25) is 0 Å². The number of hydrogen-bond acceptors (Lipinski definition) is 0. The molecule has 0 saturated heterocycles. The van der Waals surface area contributed by atoms with Crippen molar-refractivity contribution in [1.82, 2.24) is 0 Å². The SMILES string of the molecule is CBPC. The van der Waals surface area contributed by atoms with Crippen molar-refractivity contribution >= 4 is 15.5 Å². The Balaban J connectivity index is 1.97. The van der Waals surface area contributed by atoms with Crippen LogP contribution in [0.4, 0.5) is 0 Å². The molecule has 1 unspecified atom stereocenters. The van der Waals surface area contributed by atoms with Gasteiger partial charge in [-0.3, -0.25) is 0 Å². The monoisotopic (exact) mass is 74.0 g/mol. The molecule has 0 saturated carbocycles. The maximum absolute atomic E-state index is 2.21. The zero-order valence-electron chi connectivity index (χ0n) is 3.21. The molecule has 2 heteroatoms. The minimum absolute atomic E-state index is 1.14. The van der Waals surface area contributed by atoms with Crippen LogP contribution in [-0.4, -0.2) is 13.7 Å². The van der Waals surface area contributed by atoms with Gasteiger partial charge in [-0.1, -0.05) is 13.5 Å². The van der Waals surface area contributed by atoms with Crippen LogP contribution in [0.3, 0.4) is 0 Å². The highest BCUT2D eigenvalue weighted by molar-refractivity contribution is 7.70. The van der Waals surface area contributed by atoms with Crippen molar-refractivity contribution < 1.29 is 0 Å². The topological polar surface area (TPSA) is 0 Å². The first-order valence-electron chi connectivity index (χ1n) is 1.56. The van der Waals surface area contributed by atoms with Gasteiger partial charge in [-0.2, -0.15) is 8.46 Å². The predicted octanol–water partition coefficient (Wildman–Crippen LogP) is 0.694. The minimum atomic E-state index is 1.14. The molecule has 0 aromatic rings. The van der Waals surface area contributed by atoms with Crippen LogP contribution in [0.2, 0.25) is 6.82 Å². The molecule has 0 rings (SSSR count). The zero-order chi connectivity index (χ0) is 3.41. The van der Waals surface area contributed by atoms with Crippen molar-refractivity contribution in [2.24, 2.45) is 0 Å². The third-order valence-electron chi connectivity index (χ3n) is 0.354. The largest absolute Gasteiger partial charge is 0.163 e. The highest BCUT2D eigenvalue weighted by Crippen LogP contribution is 1.92. The van der Waals surface area contributed by atoms with Crippen molar-refractivity contribution in [3.8, 4) is 0 Å². The van der Waals surface area contributed by atoms with E-state index in [1.807, 2.05) is 0 Å². The third kappa shape index (κ3) is 2.49. The first-order chi connectivity index (χ1) is 1.91. The van der Waals surface area contributed by atoms with E-state index in [1.54, 1.807) is 0 Å². The van der Waals surface area contributed by atoms with Crippen LogP contribution in [0.5, 0.6) is 0 Å². The Hall–Kier alpha value is 0.495. The smallest absolute Gasteiger partial charge is 0.145 e. The van der Waals surface area contributed by atoms with E-state index in [0.717, 1.165) is 8.46 Å². The summed E-state index contributed by atoms with van der Waals surface area (Å²) < 4.78 is 0. The van der Waals surface area contributed by atoms with E-state index in [4.69, 9.17) is 0 Å².